The topological polar surface area (TPSA) is 45.8 Å². The number of nitrogens with one attached hydrogen (secondary N) is 1. The number of hydrogen-bond donors (Lipinski definition) is 1. The summed E-state index contributed by atoms with van der Waals surface area (Å²) < 4.78 is 0.622. The first kappa shape index (κ1) is 7.56. The van der Waals surface area contributed by atoms with Crippen LogP contribution in [0.2, 0.25) is 0 Å². The van der Waals surface area contributed by atoms with Gasteiger partial charge in [0, 0.05) is 0 Å². The number of aromatic amines is 1. The van der Waals surface area contributed by atoms with Crippen LogP contribution in [-0.2, 0) is 11.2 Å². The molecule has 0 fully saturated rings. The van der Waals surface area contributed by atoms with Crippen LogP contribution in [-0.4, -0.2) is 16.0 Å². The number of rotatable bonds is 2. The van der Waals surface area contributed by atoms with Crippen LogP contribution >= 0.6 is 23.6 Å². The van der Waals surface area contributed by atoms with Gasteiger partial charge >= 0.3 is 0 Å². The minimum Gasteiger partial charge on any atom is -0.300 e. The normalized spacial score (nSPS) is 9.70. The smallest absolute Gasteiger partial charge is 0.176 e. The van der Waals surface area contributed by atoms with Crippen molar-refractivity contribution < 1.29 is 4.79 Å². The first-order valence-electron chi connectivity index (χ1n) is 2.72. The molecule has 0 aromatic carbocycles. The van der Waals surface area contributed by atoms with Crippen molar-refractivity contribution in [2.24, 2.45) is 0 Å². The van der Waals surface area contributed by atoms with Crippen molar-refractivity contribution in [1.82, 2.24) is 10.2 Å². The number of aromatic nitrogens is 2. The van der Waals surface area contributed by atoms with Gasteiger partial charge in [0.1, 0.15) is 10.8 Å². The van der Waals surface area contributed by atoms with Crippen LogP contribution in [0.25, 0.3) is 0 Å². The Kier molecular flexibility index (Phi) is 2.29. The van der Waals surface area contributed by atoms with Crippen molar-refractivity contribution >= 4 is 29.3 Å². The quantitative estimate of drug-likeness (QED) is 0.688. The number of ketones is 1. The number of hydrogen-bond acceptors (Lipinski definition) is 4. The molecule has 1 N–H and O–H groups in total. The van der Waals surface area contributed by atoms with Gasteiger partial charge in [-0.25, -0.2) is 0 Å². The van der Waals surface area contributed by atoms with Crippen LogP contribution in [0.5, 0.6) is 0 Å². The lowest BCUT2D eigenvalue weighted by Crippen LogP contribution is -1.94. The molecule has 0 aliphatic rings. The highest BCUT2D eigenvalue weighted by molar-refractivity contribution is 7.73. The number of carbonyl (C=O) groups is 1. The highest BCUT2D eigenvalue weighted by atomic mass is 32.1. The Morgan fingerprint density at radius 1 is 1.90 bits per heavy atom. The second-order valence-electron chi connectivity index (χ2n) is 1.89. The summed E-state index contributed by atoms with van der Waals surface area (Å²) in [5, 5.41) is 7.19. The Labute approximate surface area is 67.1 Å². The first-order chi connectivity index (χ1) is 4.68. The number of nitrogens with zero attached hydrogens (tertiary/aromatic N) is 1. The predicted octanol–water partition coefficient (Wildman–Crippen LogP) is 1.33. The molecule has 0 unspecified atom stereocenters. The molecule has 1 aromatic rings. The van der Waals surface area contributed by atoms with Gasteiger partial charge in [0.15, 0.2) is 3.95 Å². The number of H-pyrrole nitrogens is 1. The second kappa shape index (κ2) is 3.03. The first-order valence-corrected chi connectivity index (χ1v) is 3.95. The van der Waals surface area contributed by atoms with E-state index < -0.39 is 0 Å². The van der Waals surface area contributed by atoms with Gasteiger partial charge in [0.2, 0.25) is 0 Å². The molecule has 0 bridgehead atoms. The van der Waals surface area contributed by atoms with Crippen molar-refractivity contribution in [1.29, 1.82) is 0 Å². The van der Waals surface area contributed by atoms with E-state index >= 15 is 0 Å². The summed E-state index contributed by atoms with van der Waals surface area (Å²) in [6.07, 6.45) is 0.387. The summed E-state index contributed by atoms with van der Waals surface area (Å²) in [5.74, 6) is 0.109. The fourth-order valence-electron chi connectivity index (χ4n) is 0.549. The van der Waals surface area contributed by atoms with Gasteiger partial charge in [-0.05, 0) is 19.1 Å². The molecule has 1 aromatic heterocycles. The minimum absolute atomic E-state index is 0.109. The molecule has 1 heterocycles. The van der Waals surface area contributed by atoms with Gasteiger partial charge < -0.3 is 0 Å². The van der Waals surface area contributed by atoms with E-state index in [0.717, 1.165) is 5.01 Å². The Morgan fingerprint density at radius 2 is 2.60 bits per heavy atom. The molecule has 0 saturated heterocycles. The average molecular weight is 174 g/mol. The monoisotopic (exact) mass is 174 g/mol. The summed E-state index contributed by atoms with van der Waals surface area (Å²) in [6.45, 7) is 1.53. The molecule has 0 amide bonds. The van der Waals surface area contributed by atoms with Gasteiger partial charge in [0.05, 0.1) is 6.42 Å². The van der Waals surface area contributed by atoms with Crippen LogP contribution in [0.4, 0.5) is 0 Å². The lowest BCUT2D eigenvalue weighted by atomic mass is 10.3. The van der Waals surface area contributed by atoms with Crippen LogP contribution in [0.1, 0.15) is 11.9 Å². The number of Topliss-reactive ketones (excluding diaryl/α,β-unsaturated/α-hetero) is 1. The van der Waals surface area contributed by atoms with Gasteiger partial charge in [-0.1, -0.05) is 11.3 Å². The third-order valence-electron chi connectivity index (χ3n) is 0.883. The van der Waals surface area contributed by atoms with Gasteiger partial charge in [-0.3, -0.25) is 9.89 Å². The third kappa shape index (κ3) is 2.00. The highest BCUT2D eigenvalue weighted by Crippen LogP contribution is 2.04. The van der Waals surface area contributed by atoms with Gasteiger partial charge in [-0.15, -0.1) is 0 Å². The maximum absolute atomic E-state index is 10.5. The zero-order valence-electron chi connectivity index (χ0n) is 5.38. The second-order valence-corrected chi connectivity index (χ2v) is 3.64. The van der Waals surface area contributed by atoms with Crippen molar-refractivity contribution in [3.8, 4) is 0 Å². The molecule has 3 nitrogen and oxygen atoms in total. The molecule has 10 heavy (non-hydrogen) atoms. The molecule has 0 radical (unpaired) electrons. The maximum Gasteiger partial charge on any atom is 0.176 e. The molecule has 54 valence electrons. The van der Waals surface area contributed by atoms with E-state index in [1.807, 2.05) is 0 Å². The fraction of sp³-hybridized carbons (Fsp3) is 0.400. The summed E-state index contributed by atoms with van der Waals surface area (Å²) in [5.41, 5.74) is 0. The molecule has 0 aliphatic carbocycles. The Hall–Kier alpha value is -0.550. The SMILES string of the molecule is CC(=O)Cc1n[nH]c(=S)s1. The fourth-order valence-corrected chi connectivity index (χ4v) is 1.56. The summed E-state index contributed by atoms with van der Waals surface area (Å²) in [7, 11) is 0. The molecule has 5 heteroatoms. The Bertz CT molecular complexity index is 288. The van der Waals surface area contributed by atoms with Crippen LogP contribution < -0.4 is 0 Å². The molecule has 0 aliphatic heterocycles. The lowest BCUT2D eigenvalue weighted by Gasteiger charge is -1.83. The Balaban J connectivity index is 2.76. The molecular weight excluding hydrogens is 168 g/mol. The van der Waals surface area contributed by atoms with Crippen molar-refractivity contribution in [2.45, 2.75) is 13.3 Å². The molecule has 0 atom stereocenters. The highest BCUT2D eigenvalue weighted by Gasteiger charge is 1.99. The standard InChI is InChI=1S/C5H6N2OS2/c1-3(8)2-4-6-7-5(9)10-4/h2H2,1H3,(H,7,9). The predicted molar refractivity (Wildman–Crippen MR) is 41.7 cm³/mol. The molecule has 0 saturated carbocycles. The van der Waals surface area contributed by atoms with E-state index in [2.05, 4.69) is 10.2 Å². The zero-order chi connectivity index (χ0) is 7.56. The Morgan fingerprint density at radius 3 is 3.00 bits per heavy atom. The maximum atomic E-state index is 10.5. The van der Waals surface area contributed by atoms with Gasteiger partial charge in [0.25, 0.3) is 0 Å². The largest absolute Gasteiger partial charge is 0.300 e. The summed E-state index contributed by atoms with van der Waals surface area (Å²) in [4.78, 5) is 10.5. The van der Waals surface area contributed by atoms with Gasteiger partial charge in [-0.2, -0.15) is 5.10 Å². The lowest BCUT2D eigenvalue weighted by molar-refractivity contribution is -0.116. The molecule has 1 rings (SSSR count). The third-order valence-corrected chi connectivity index (χ3v) is 1.97. The van der Waals surface area contributed by atoms with E-state index in [-0.39, 0.29) is 5.78 Å². The molecule has 0 spiro atoms. The zero-order valence-corrected chi connectivity index (χ0v) is 7.01. The van der Waals surface area contributed by atoms with Crippen LogP contribution in [0.3, 0.4) is 0 Å². The van der Waals surface area contributed by atoms with E-state index in [4.69, 9.17) is 12.2 Å². The number of carbonyl (C=O) groups excluding carboxylic acids is 1. The van der Waals surface area contributed by atoms with Crippen molar-refractivity contribution in [2.75, 3.05) is 0 Å². The van der Waals surface area contributed by atoms with Crippen molar-refractivity contribution in [3.63, 3.8) is 0 Å². The molecular formula is C5H6N2OS2. The summed E-state index contributed by atoms with van der Waals surface area (Å²) >= 11 is 6.12. The van der Waals surface area contributed by atoms with E-state index in [1.54, 1.807) is 0 Å². The van der Waals surface area contributed by atoms with E-state index in [9.17, 15) is 4.79 Å². The van der Waals surface area contributed by atoms with Crippen molar-refractivity contribution in [3.05, 3.63) is 8.96 Å². The average Bonchev–Trinajstić information content (AvgIpc) is 2.13. The van der Waals surface area contributed by atoms with E-state index in [0.29, 0.717) is 10.4 Å². The van der Waals surface area contributed by atoms with Crippen LogP contribution in [0.15, 0.2) is 0 Å². The summed E-state index contributed by atoms with van der Waals surface area (Å²) in [6, 6.07) is 0. The van der Waals surface area contributed by atoms with Crippen LogP contribution in [0, 0.1) is 3.95 Å². The minimum atomic E-state index is 0.109. The van der Waals surface area contributed by atoms with E-state index in [1.165, 1.54) is 18.3 Å².